The van der Waals surface area contributed by atoms with Crippen molar-refractivity contribution in [3.63, 3.8) is 0 Å². The Morgan fingerprint density at radius 3 is 2.65 bits per heavy atom. The fourth-order valence-corrected chi connectivity index (χ4v) is 4.89. The molecule has 0 saturated heterocycles. The van der Waals surface area contributed by atoms with Crippen molar-refractivity contribution in [2.24, 2.45) is 4.99 Å². The molecule has 0 radical (unpaired) electrons. The van der Waals surface area contributed by atoms with E-state index in [1.165, 1.54) is 51.0 Å². The van der Waals surface area contributed by atoms with Gasteiger partial charge in [-0.3, -0.25) is 4.99 Å². The fraction of sp³-hybridized carbons (Fsp3) is 0.343. The van der Waals surface area contributed by atoms with E-state index in [1.807, 2.05) is 6.21 Å². The van der Waals surface area contributed by atoms with Crippen molar-refractivity contribution in [2.45, 2.75) is 79.2 Å². The summed E-state index contributed by atoms with van der Waals surface area (Å²) in [5.41, 5.74) is 12.7. The number of hydrogen-bond donors (Lipinski definition) is 1. The Morgan fingerprint density at radius 2 is 1.92 bits per heavy atom. The summed E-state index contributed by atoms with van der Waals surface area (Å²) in [6, 6.07) is 15.4. The van der Waals surface area contributed by atoms with Gasteiger partial charge in [-0.25, -0.2) is 0 Å². The normalized spacial score (nSPS) is 14.7. The molecule has 1 aliphatic heterocycles. The van der Waals surface area contributed by atoms with Crippen LogP contribution in [0, 0.1) is 0 Å². The molecule has 0 atom stereocenters. The van der Waals surface area contributed by atoms with E-state index in [9.17, 15) is 0 Å². The lowest BCUT2D eigenvalue weighted by Crippen LogP contribution is -2.12. The highest BCUT2D eigenvalue weighted by atomic mass is 14.9. The first-order chi connectivity index (χ1) is 18.0. The number of nitrogens with zero attached hydrogens (tertiary/aromatic N) is 1. The molecule has 2 aliphatic rings. The van der Waals surface area contributed by atoms with E-state index in [4.69, 9.17) is 0 Å². The Morgan fingerprint density at radius 1 is 1.11 bits per heavy atom. The maximum absolute atomic E-state index is 4.54. The number of fused-ring (bicyclic) bond motifs is 1. The number of benzene rings is 2. The van der Waals surface area contributed by atoms with Crippen LogP contribution in [-0.4, -0.2) is 6.21 Å². The lowest BCUT2D eigenvalue weighted by Gasteiger charge is -2.24. The van der Waals surface area contributed by atoms with Crippen LogP contribution in [0.25, 0.3) is 17.3 Å². The lowest BCUT2D eigenvalue weighted by atomic mass is 9.81. The summed E-state index contributed by atoms with van der Waals surface area (Å²) in [6.07, 6.45) is 15.9. The van der Waals surface area contributed by atoms with Crippen molar-refractivity contribution in [3.8, 4) is 0 Å². The number of nitrogens with one attached hydrogen (secondary N) is 1. The van der Waals surface area contributed by atoms with Gasteiger partial charge < -0.3 is 5.32 Å². The molecule has 2 aromatic rings. The third kappa shape index (κ3) is 8.05. The highest BCUT2D eigenvalue weighted by Gasteiger charge is 2.18. The van der Waals surface area contributed by atoms with Crippen molar-refractivity contribution >= 4 is 23.6 Å². The summed E-state index contributed by atoms with van der Waals surface area (Å²) < 4.78 is 0. The van der Waals surface area contributed by atoms with Crippen LogP contribution in [0.3, 0.4) is 0 Å². The SMILES string of the molecule is C=C(CCCC1=C(C)c2ccc(/C=C\C)cc2CC1=C)NCc1cccc(C2=CCCC=N2)c1.CCC. The maximum Gasteiger partial charge on any atom is 0.0658 e. The molecule has 0 aromatic heterocycles. The van der Waals surface area contributed by atoms with Crippen LogP contribution in [0.5, 0.6) is 0 Å². The van der Waals surface area contributed by atoms with Gasteiger partial charge in [0.05, 0.1) is 5.70 Å². The Hall–Kier alpha value is -3.39. The van der Waals surface area contributed by atoms with Crippen molar-refractivity contribution in [1.82, 2.24) is 5.32 Å². The minimum atomic E-state index is 0.792. The highest BCUT2D eigenvalue weighted by Crippen LogP contribution is 2.36. The molecular weight excluding hydrogens is 448 g/mol. The standard InChI is InChI=1S/C32H36N2.C3H8/c1-5-10-26-16-17-31-25(4)30(23(2)19-29(31)20-26)14-8-11-24(3)34-22-27-12-9-13-28(21-27)32-15-6-7-18-33-32;1-3-2/h5,9-10,12-13,15-18,20-21,34H,2-3,6-8,11,14,19,22H2,1,4H3;3H2,1-2H3/b10-5-;. The maximum atomic E-state index is 4.54. The van der Waals surface area contributed by atoms with Crippen LogP contribution in [0.4, 0.5) is 0 Å². The Kier molecular flexibility index (Phi) is 11.0. The zero-order chi connectivity index (χ0) is 26.6. The molecule has 0 bridgehead atoms. The third-order valence-corrected chi connectivity index (χ3v) is 6.71. The zero-order valence-electron chi connectivity index (χ0n) is 23.4. The summed E-state index contributed by atoms with van der Waals surface area (Å²) in [5, 5.41) is 3.53. The second-order valence-corrected chi connectivity index (χ2v) is 10.00. The van der Waals surface area contributed by atoms with Crippen LogP contribution >= 0.6 is 0 Å². The largest absolute Gasteiger partial charge is 0.385 e. The van der Waals surface area contributed by atoms with Crippen LogP contribution in [0.1, 0.15) is 94.0 Å². The van der Waals surface area contributed by atoms with Crippen molar-refractivity contribution in [1.29, 1.82) is 0 Å². The Bertz CT molecular complexity index is 1220. The molecule has 1 aliphatic carbocycles. The van der Waals surface area contributed by atoms with E-state index in [1.54, 1.807) is 0 Å². The zero-order valence-corrected chi connectivity index (χ0v) is 23.4. The molecule has 194 valence electrons. The number of aliphatic imine (C=N–C) groups is 1. The van der Waals surface area contributed by atoms with Crippen LogP contribution in [0.15, 0.2) is 89.6 Å². The summed E-state index contributed by atoms with van der Waals surface area (Å²) in [5.74, 6) is 0. The molecule has 0 fully saturated rings. The second kappa shape index (κ2) is 14.4. The van der Waals surface area contributed by atoms with Crippen LogP contribution < -0.4 is 5.32 Å². The first-order valence-electron chi connectivity index (χ1n) is 13.8. The molecule has 2 aromatic carbocycles. The van der Waals surface area contributed by atoms with Gasteiger partial charge in [0.25, 0.3) is 0 Å². The smallest absolute Gasteiger partial charge is 0.0658 e. The summed E-state index contributed by atoms with van der Waals surface area (Å²) >= 11 is 0. The van der Waals surface area contributed by atoms with E-state index in [2.05, 4.69) is 112 Å². The predicted molar refractivity (Wildman–Crippen MR) is 165 cm³/mol. The van der Waals surface area contributed by atoms with Gasteiger partial charge >= 0.3 is 0 Å². The molecule has 37 heavy (non-hydrogen) atoms. The third-order valence-electron chi connectivity index (χ3n) is 6.71. The van der Waals surface area contributed by atoms with Crippen molar-refractivity contribution in [2.75, 3.05) is 0 Å². The van der Waals surface area contributed by atoms with E-state index in [0.29, 0.717) is 0 Å². The molecule has 0 saturated carbocycles. The molecule has 0 amide bonds. The molecule has 4 rings (SSSR count). The van der Waals surface area contributed by atoms with Crippen LogP contribution in [0.2, 0.25) is 0 Å². The minimum absolute atomic E-state index is 0.792. The molecular formula is C35H44N2. The van der Waals surface area contributed by atoms with Crippen molar-refractivity contribution in [3.05, 3.63) is 112 Å². The molecule has 0 spiro atoms. The average Bonchev–Trinajstić information content (AvgIpc) is 2.90. The molecule has 2 heteroatoms. The van der Waals surface area contributed by atoms with E-state index in [0.717, 1.165) is 56.5 Å². The number of rotatable bonds is 9. The monoisotopic (exact) mass is 492 g/mol. The van der Waals surface area contributed by atoms with Gasteiger partial charge in [0.2, 0.25) is 0 Å². The Balaban J connectivity index is 0.00000121. The second-order valence-electron chi connectivity index (χ2n) is 10.00. The highest BCUT2D eigenvalue weighted by molar-refractivity contribution is 5.78. The van der Waals surface area contributed by atoms with Gasteiger partial charge in [-0.15, -0.1) is 0 Å². The first kappa shape index (κ1) is 28.2. The van der Waals surface area contributed by atoms with Gasteiger partial charge in [0.1, 0.15) is 0 Å². The quantitative estimate of drug-likeness (QED) is 0.370. The Labute approximate surface area is 225 Å². The van der Waals surface area contributed by atoms with Gasteiger partial charge in [-0.1, -0.05) is 88.1 Å². The van der Waals surface area contributed by atoms with Gasteiger partial charge in [-0.2, -0.15) is 0 Å². The number of allylic oxidation sites excluding steroid dienone is 6. The fourth-order valence-electron chi connectivity index (χ4n) is 4.89. The summed E-state index contributed by atoms with van der Waals surface area (Å²) in [6.45, 7) is 18.0. The molecule has 0 unspecified atom stereocenters. The predicted octanol–water partition coefficient (Wildman–Crippen LogP) is 9.70. The number of hydrogen-bond acceptors (Lipinski definition) is 2. The summed E-state index contributed by atoms with van der Waals surface area (Å²) in [7, 11) is 0. The van der Waals surface area contributed by atoms with E-state index in [-0.39, 0.29) is 0 Å². The molecule has 1 heterocycles. The van der Waals surface area contributed by atoms with Gasteiger partial charge in [-0.05, 0) is 97.4 Å². The van der Waals surface area contributed by atoms with Gasteiger partial charge in [0, 0.05) is 24.0 Å². The van der Waals surface area contributed by atoms with Gasteiger partial charge in [0.15, 0.2) is 0 Å². The molecule has 2 nitrogen and oxygen atoms in total. The van der Waals surface area contributed by atoms with Crippen molar-refractivity contribution < 1.29 is 0 Å². The average molecular weight is 493 g/mol. The lowest BCUT2D eigenvalue weighted by molar-refractivity contribution is 0.710. The minimum Gasteiger partial charge on any atom is -0.385 e. The van der Waals surface area contributed by atoms with E-state index < -0.39 is 0 Å². The molecule has 1 N–H and O–H groups in total. The first-order valence-corrected chi connectivity index (χ1v) is 13.8. The van der Waals surface area contributed by atoms with E-state index >= 15 is 0 Å². The topological polar surface area (TPSA) is 24.4 Å². The van der Waals surface area contributed by atoms with Crippen LogP contribution in [-0.2, 0) is 13.0 Å². The summed E-state index contributed by atoms with van der Waals surface area (Å²) in [4.78, 5) is 4.54.